The molecule has 1 aromatic heterocycles. The summed E-state index contributed by atoms with van der Waals surface area (Å²) in [6, 6.07) is 7.31. The minimum absolute atomic E-state index is 0.0651. The fourth-order valence-electron chi connectivity index (χ4n) is 3.20. The van der Waals surface area contributed by atoms with Crippen molar-refractivity contribution in [1.29, 1.82) is 0 Å². The zero-order valence-electron chi connectivity index (χ0n) is 13.7. The Bertz CT molecular complexity index is 761. The summed E-state index contributed by atoms with van der Waals surface area (Å²) in [5.74, 6) is -0.844. The number of carboxylic acid groups (broad SMARTS) is 1. The van der Waals surface area contributed by atoms with Gasteiger partial charge in [-0.2, -0.15) is 5.10 Å². The van der Waals surface area contributed by atoms with Gasteiger partial charge in [-0.25, -0.2) is 9.48 Å². The maximum atomic E-state index is 12.4. The number of aromatic carboxylic acids is 1. The van der Waals surface area contributed by atoms with Gasteiger partial charge in [-0.15, -0.1) is 0 Å². The molecule has 1 fully saturated rings. The Hall–Kier alpha value is -2.63. The van der Waals surface area contributed by atoms with Crippen molar-refractivity contribution in [3.8, 4) is 5.69 Å². The summed E-state index contributed by atoms with van der Waals surface area (Å²) in [5, 5.41) is 16.2. The molecule has 24 heavy (non-hydrogen) atoms. The van der Waals surface area contributed by atoms with Crippen molar-refractivity contribution >= 4 is 17.6 Å². The molecule has 126 valence electrons. The van der Waals surface area contributed by atoms with Crippen LogP contribution in [-0.2, 0) is 4.79 Å². The molecule has 1 aliphatic rings. The highest BCUT2D eigenvalue weighted by molar-refractivity contribution is 5.93. The average Bonchev–Trinajstić information content (AvgIpc) is 2.97. The Morgan fingerprint density at radius 1 is 1.25 bits per heavy atom. The average molecular weight is 327 g/mol. The number of hydrogen-bond donors (Lipinski definition) is 2. The largest absolute Gasteiger partial charge is 0.478 e. The third kappa shape index (κ3) is 3.32. The van der Waals surface area contributed by atoms with Gasteiger partial charge >= 0.3 is 5.97 Å². The Kier molecular flexibility index (Phi) is 4.64. The van der Waals surface area contributed by atoms with Gasteiger partial charge in [-0.1, -0.05) is 25.3 Å². The number of carbonyl (C=O) groups excluding carboxylic acids is 1. The molecule has 0 spiro atoms. The number of rotatable bonds is 4. The molecule has 0 radical (unpaired) electrons. The Morgan fingerprint density at radius 2 is 2.00 bits per heavy atom. The molecule has 1 aromatic carbocycles. The first-order valence-electron chi connectivity index (χ1n) is 8.25. The first-order valence-corrected chi connectivity index (χ1v) is 8.25. The second-order valence-electron chi connectivity index (χ2n) is 6.24. The number of carbonyl (C=O) groups is 2. The number of anilines is 1. The normalized spacial score (nSPS) is 15.2. The van der Waals surface area contributed by atoms with Crippen LogP contribution >= 0.6 is 0 Å². The van der Waals surface area contributed by atoms with Gasteiger partial charge in [0.15, 0.2) is 0 Å². The highest BCUT2D eigenvalue weighted by atomic mass is 16.4. The first kappa shape index (κ1) is 16.2. The van der Waals surface area contributed by atoms with Gasteiger partial charge < -0.3 is 10.4 Å². The molecule has 2 N–H and O–H groups in total. The third-order valence-electron chi connectivity index (χ3n) is 4.57. The van der Waals surface area contributed by atoms with E-state index in [0.29, 0.717) is 11.4 Å². The molecule has 6 heteroatoms. The molecule has 1 amide bonds. The summed E-state index contributed by atoms with van der Waals surface area (Å²) in [6.45, 7) is 1.71. The van der Waals surface area contributed by atoms with Gasteiger partial charge in [0.25, 0.3) is 0 Å². The fraction of sp³-hybridized carbons (Fsp3) is 0.389. The molecule has 1 aliphatic carbocycles. The van der Waals surface area contributed by atoms with Crippen LogP contribution in [-0.4, -0.2) is 26.8 Å². The van der Waals surface area contributed by atoms with E-state index in [1.54, 1.807) is 11.6 Å². The number of benzene rings is 1. The maximum Gasteiger partial charge on any atom is 0.339 e. The fourth-order valence-corrected chi connectivity index (χ4v) is 3.20. The summed E-state index contributed by atoms with van der Waals surface area (Å²) < 4.78 is 1.57. The standard InChI is InChI=1S/C18H21N3O3/c1-12-16(18(23)24)11-19-21(12)15-9-5-8-14(10-15)20-17(22)13-6-3-2-4-7-13/h5,8-11,13H,2-4,6-7H2,1H3,(H,20,22)(H,23,24). The van der Waals surface area contributed by atoms with Gasteiger partial charge in [0.05, 0.1) is 17.6 Å². The Morgan fingerprint density at radius 3 is 2.67 bits per heavy atom. The van der Waals surface area contributed by atoms with Crippen molar-refractivity contribution in [3.63, 3.8) is 0 Å². The quantitative estimate of drug-likeness (QED) is 0.901. The molecule has 1 heterocycles. The summed E-state index contributed by atoms with van der Waals surface area (Å²) >= 11 is 0. The van der Waals surface area contributed by atoms with Crippen molar-refractivity contribution in [2.75, 3.05) is 5.32 Å². The molecule has 0 bridgehead atoms. The smallest absolute Gasteiger partial charge is 0.339 e. The highest BCUT2D eigenvalue weighted by Crippen LogP contribution is 2.25. The van der Waals surface area contributed by atoms with Gasteiger partial charge in [0, 0.05) is 11.6 Å². The van der Waals surface area contributed by atoms with Crippen LogP contribution in [0.15, 0.2) is 30.5 Å². The van der Waals surface area contributed by atoms with Crippen LogP contribution in [0.3, 0.4) is 0 Å². The second kappa shape index (κ2) is 6.86. The molecule has 1 saturated carbocycles. The Labute approximate surface area is 140 Å². The SMILES string of the molecule is Cc1c(C(=O)O)cnn1-c1cccc(NC(=O)C2CCCCC2)c1. The van der Waals surface area contributed by atoms with E-state index >= 15 is 0 Å². The molecular formula is C18H21N3O3. The summed E-state index contributed by atoms with van der Waals surface area (Å²) in [4.78, 5) is 23.5. The first-order chi connectivity index (χ1) is 11.6. The lowest BCUT2D eigenvalue weighted by Crippen LogP contribution is -2.24. The zero-order chi connectivity index (χ0) is 17.1. The Balaban J connectivity index is 1.79. The van der Waals surface area contributed by atoms with Crippen molar-refractivity contribution in [2.45, 2.75) is 39.0 Å². The monoisotopic (exact) mass is 327 g/mol. The van der Waals surface area contributed by atoms with Gasteiger partial charge in [0.1, 0.15) is 5.56 Å². The second-order valence-corrected chi connectivity index (χ2v) is 6.24. The number of carboxylic acids is 1. The summed E-state index contributed by atoms with van der Waals surface area (Å²) in [7, 11) is 0. The summed E-state index contributed by atoms with van der Waals surface area (Å²) in [5.41, 5.74) is 2.15. The number of amides is 1. The third-order valence-corrected chi connectivity index (χ3v) is 4.57. The molecule has 3 rings (SSSR count). The van der Waals surface area contributed by atoms with E-state index in [2.05, 4.69) is 10.4 Å². The lowest BCUT2D eigenvalue weighted by atomic mass is 9.88. The predicted molar refractivity (Wildman–Crippen MR) is 90.5 cm³/mol. The van der Waals surface area contributed by atoms with Crippen LogP contribution in [0.4, 0.5) is 5.69 Å². The molecule has 0 saturated heterocycles. The number of hydrogen-bond acceptors (Lipinski definition) is 3. The lowest BCUT2D eigenvalue weighted by Gasteiger charge is -2.20. The maximum absolute atomic E-state index is 12.4. The predicted octanol–water partition coefficient (Wildman–Crippen LogP) is 3.40. The van der Waals surface area contributed by atoms with Crippen LogP contribution in [0.1, 0.15) is 48.2 Å². The number of nitrogens with one attached hydrogen (secondary N) is 1. The van der Waals surface area contributed by atoms with E-state index in [-0.39, 0.29) is 17.4 Å². The molecule has 6 nitrogen and oxygen atoms in total. The van der Waals surface area contributed by atoms with Crippen molar-refractivity contribution in [3.05, 3.63) is 41.7 Å². The van der Waals surface area contributed by atoms with Crippen molar-refractivity contribution < 1.29 is 14.7 Å². The number of nitrogens with zero attached hydrogens (tertiary/aromatic N) is 2. The molecular weight excluding hydrogens is 306 g/mol. The minimum atomic E-state index is -1.000. The van der Waals surface area contributed by atoms with Crippen LogP contribution in [0.5, 0.6) is 0 Å². The number of aromatic nitrogens is 2. The van der Waals surface area contributed by atoms with Crippen LogP contribution in [0.25, 0.3) is 5.69 Å². The van der Waals surface area contributed by atoms with E-state index in [9.17, 15) is 9.59 Å². The topological polar surface area (TPSA) is 84.2 Å². The van der Waals surface area contributed by atoms with Gasteiger partial charge in [0.2, 0.25) is 5.91 Å². The molecule has 0 unspecified atom stereocenters. The van der Waals surface area contributed by atoms with E-state index < -0.39 is 5.97 Å². The van der Waals surface area contributed by atoms with E-state index in [1.807, 2.05) is 24.3 Å². The minimum Gasteiger partial charge on any atom is -0.478 e. The van der Waals surface area contributed by atoms with Crippen molar-refractivity contribution in [1.82, 2.24) is 9.78 Å². The van der Waals surface area contributed by atoms with Gasteiger partial charge in [-0.3, -0.25) is 4.79 Å². The van der Waals surface area contributed by atoms with Crippen LogP contribution < -0.4 is 5.32 Å². The lowest BCUT2D eigenvalue weighted by molar-refractivity contribution is -0.120. The molecule has 0 atom stereocenters. The van der Waals surface area contributed by atoms with Crippen molar-refractivity contribution in [2.24, 2.45) is 5.92 Å². The zero-order valence-corrected chi connectivity index (χ0v) is 13.7. The highest BCUT2D eigenvalue weighted by Gasteiger charge is 2.21. The van der Waals surface area contributed by atoms with E-state index in [4.69, 9.17) is 5.11 Å². The van der Waals surface area contributed by atoms with Gasteiger partial charge in [-0.05, 0) is 38.0 Å². The molecule has 2 aromatic rings. The summed E-state index contributed by atoms with van der Waals surface area (Å²) in [6.07, 6.45) is 6.68. The van der Waals surface area contributed by atoms with E-state index in [1.165, 1.54) is 12.6 Å². The van der Waals surface area contributed by atoms with Crippen LogP contribution in [0.2, 0.25) is 0 Å². The van der Waals surface area contributed by atoms with Crippen LogP contribution in [0, 0.1) is 12.8 Å². The van der Waals surface area contributed by atoms with E-state index in [0.717, 1.165) is 31.4 Å². The molecule has 0 aliphatic heterocycles.